The van der Waals surface area contributed by atoms with E-state index in [0.29, 0.717) is 36.3 Å². The Hall–Kier alpha value is -3.15. The summed E-state index contributed by atoms with van der Waals surface area (Å²) in [5, 5.41) is 5.62. The van der Waals surface area contributed by atoms with Crippen molar-refractivity contribution in [2.75, 3.05) is 23.3 Å². The third-order valence-corrected chi connectivity index (χ3v) is 4.47. The highest BCUT2D eigenvalue weighted by Gasteiger charge is 2.22. The lowest BCUT2D eigenvalue weighted by atomic mass is 10.1. The van der Waals surface area contributed by atoms with Gasteiger partial charge in [0.05, 0.1) is 11.3 Å². The first-order valence-electron chi connectivity index (χ1n) is 9.19. The van der Waals surface area contributed by atoms with Crippen molar-refractivity contribution in [3.05, 3.63) is 59.7 Å². The zero-order chi connectivity index (χ0) is 19.2. The van der Waals surface area contributed by atoms with E-state index in [4.69, 9.17) is 0 Å². The number of nitrogens with one attached hydrogen (secondary N) is 2. The largest absolute Gasteiger partial charge is 0.352 e. The molecule has 0 atom stereocenters. The zero-order valence-corrected chi connectivity index (χ0v) is 15.3. The summed E-state index contributed by atoms with van der Waals surface area (Å²) in [6.45, 7) is 3.27. The fourth-order valence-corrected chi connectivity index (χ4v) is 3.03. The molecule has 3 amide bonds. The number of hydrogen-bond donors (Lipinski definition) is 2. The minimum atomic E-state index is -0.301. The molecular weight excluding hydrogens is 342 g/mol. The van der Waals surface area contributed by atoms with E-state index in [0.717, 1.165) is 18.5 Å². The van der Waals surface area contributed by atoms with Crippen LogP contribution in [0.4, 0.5) is 11.4 Å². The van der Waals surface area contributed by atoms with E-state index in [-0.39, 0.29) is 17.7 Å². The summed E-state index contributed by atoms with van der Waals surface area (Å²) >= 11 is 0. The molecule has 0 aliphatic carbocycles. The minimum absolute atomic E-state index is 0.110. The number of benzene rings is 2. The predicted octanol–water partition coefficient (Wildman–Crippen LogP) is 3.21. The second-order valence-corrected chi connectivity index (χ2v) is 6.45. The van der Waals surface area contributed by atoms with Gasteiger partial charge in [-0.15, -0.1) is 0 Å². The standard InChI is InChI=1S/C21H23N3O3/c1-2-13-22-21(27)17-6-3-4-7-18(17)23-20(26)15-9-11-16(12-10-15)24-14-5-8-19(24)25/h3-4,6-7,9-12H,2,5,8,13-14H2,1H3,(H,22,27)(H,23,26). The van der Waals surface area contributed by atoms with Crippen LogP contribution in [0.25, 0.3) is 0 Å². The molecule has 0 radical (unpaired) electrons. The molecular formula is C21H23N3O3. The molecule has 0 saturated carbocycles. The Labute approximate surface area is 158 Å². The zero-order valence-electron chi connectivity index (χ0n) is 15.3. The maximum absolute atomic E-state index is 12.6. The number of carbonyl (C=O) groups is 3. The Morgan fingerprint density at radius 2 is 1.78 bits per heavy atom. The molecule has 0 aromatic heterocycles. The molecule has 2 aromatic carbocycles. The Bertz CT molecular complexity index is 846. The average Bonchev–Trinajstić information content (AvgIpc) is 3.12. The number of amides is 3. The summed E-state index contributed by atoms with van der Waals surface area (Å²) in [5.74, 6) is -0.403. The third-order valence-electron chi connectivity index (χ3n) is 4.47. The van der Waals surface area contributed by atoms with E-state index in [9.17, 15) is 14.4 Å². The highest BCUT2D eigenvalue weighted by Crippen LogP contribution is 2.22. The molecule has 0 bridgehead atoms. The first-order chi connectivity index (χ1) is 13.1. The third kappa shape index (κ3) is 4.34. The summed E-state index contributed by atoms with van der Waals surface area (Å²) in [4.78, 5) is 38.4. The maximum Gasteiger partial charge on any atom is 0.255 e. The molecule has 1 aliphatic heterocycles. The van der Waals surface area contributed by atoms with Gasteiger partial charge in [0.25, 0.3) is 11.8 Å². The molecule has 6 nitrogen and oxygen atoms in total. The van der Waals surface area contributed by atoms with Gasteiger partial charge < -0.3 is 15.5 Å². The van der Waals surface area contributed by atoms with Gasteiger partial charge in [0.15, 0.2) is 0 Å². The SMILES string of the molecule is CCCNC(=O)c1ccccc1NC(=O)c1ccc(N2CCCC2=O)cc1. The highest BCUT2D eigenvalue weighted by atomic mass is 16.2. The lowest BCUT2D eigenvalue weighted by molar-refractivity contribution is -0.117. The van der Waals surface area contributed by atoms with Crippen LogP contribution in [0.1, 0.15) is 46.9 Å². The molecule has 0 unspecified atom stereocenters. The monoisotopic (exact) mass is 365 g/mol. The van der Waals surface area contributed by atoms with Gasteiger partial charge in [-0.25, -0.2) is 0 Å². The van der Waals surface area contributed by atoms with Crippen molar-refractivity contribution in [1.82, 2.24) is 5.32 Å². The van der Waals surface area contributed by atoms with Crippen LogP contribution in [0.2, 0.25) is 0 Å². The summed E-state index contributed by atoms with van der Waals surface area (Å²) in [6, 6.07) is 13.9. The Morgan fingerprint density at radius 3 is 2.44 bits per heavy atom. The molecule has 2 aromatic rings. The summed E-state index contributed by atoms with van der Waals surface area (Å²) < 4.78 is 0. The van der Waals surface area contributed by atoms with E-state index < -0.39 is 0 Å². The van der Waals surface area contributed by atoms with Gasteiger partial charge in [0.1, 0.15) is 0 Å². The average molecular weight is 365 g/mol. The molecule has 1 fully saturated rings. The van der Waals surface area contributed by atoms with Gasteiger partial charge in [-0.2, -0.15) is 0 Å². The number of rotatable bonds is 6. The second-order valence-electron chi connectivity index (χ2n) is 6.45. The minimum Gasteiger partial charge on any atom is -0.352 e. The Kier molecular flexibility index (Phi) is 5.86. The van der Waals surface area contributed by atoms with Crippen molar-refractivity contribution in [2.24, 2.45) is 0 Å². The van der Waals surface area contributed by atoms with Crippen LogP contribution in [0, 0.1) is 0 Å². The first-order valence-corrected chi connectivity index (χ1v) is 9.19. The molecule has 1 aliphatic rings. The van der Waals surface area contributed by atoms with Gasteiger partial charge in [0.2, 0.25) is 5.91 Å². The van der Waals surface area contributed by atoms with E-state index in [1.165, 1.54) is 0 Å². The van der Waals surface area contributed by atoms with Crippen molar-refractivity contribution in [3.63, 3.8) is 0 Å². The second kappa shape index (κ2) is 8.49. The van der Waals surface area contributed by atoms with E-state index in [1.54, 1.807) is 53.4 Å². The summed E-state index contributed by atoms with van der Waals surface area (Å²) in [7, 11) is 0. The normalized spacial score (nSPS) is 13.5. The lowest BCUT2D eigenvalue weighted by Crippen LogP contribution is -2.26. The van der Waals surface area contributed by atoms with Crippen LogP contribution in [-0.2, 0) is 4.79 Å². The predicted molar refractivity (Wildman–Crippen MR) is 105 cm³/mol. The van der Waals surface area contributed by atoms with Crippen molar-refractivity contribution in [1.29, 1.82) is 0 Å². The van der Waals surface area contributed by atoms with Crippen molar-refractivity contribution in [2.45, 2.75) is 26.2 Å². The molecule has 140 valence electrons. The number of hydrogen-bond acceptors (Lipinski definition) is 3. The molecule has 0 spiro atoms. The van der Waals surface area contributed by atoms with E-state index in [2.05, 4.69) is 10.6 Å². The van der Waals surface area contributed by atoms with Crippen LogP contribution >= 0.6 is 0 Å². The van der Waals surface area contributed by atoms with Gasteiger partial charge in [0, 0.05) is 30.8 Å². The smallest absolute Gasteiger partial charge is 0.255 e. The van der Waals surface area contributed by atoms with Crippen molar-refractivity contribution < 1.29 is 14.4 Å². The summed E-state index contributed by atoms with van der Waals surface area (Å²) in [6.07, 6.45) is 2.27. The number of carbonyl (C=O) groups excluding carboxylic acids is 3. The molecule has 3 rings (SSSR count). The van der Waals surface area contributed by atoms with Crippen LogP contribution in [0.15, 0.2) is 48.5 Å². The van der Waals surface area contributed by atoms with Gasteiger partial charge in [-0.3, -0.25) is 14.4 Å². The van der Waals surface area contributed by atoms with E-state index in [1.807, 2.05) is 6.92 Å². The van der Waals surface area contributed by atoms with Gasteiger partial charge >= 0.3 is 0 Å². The van der Waals surface area contributed by atoms with Gasteiger partial charge in [-0.05, 0) is 49.2 Å². The quantitative estimate of drug-likeness (QED) is 0.825. The lowest BCUT2D eigenvalue weighted by Gasteiger charge is -2.16. The fraction of sp³-hybridized carbons (Fsp3) is 0.286. The first kappa shape index (κ1) is 18.6. The molecule has 2 N–H and O–H groups in total. The number of nitrogens with zero attached hydrogens (tertiary/aromatic N) is 1. The molecule has 6 heteroatoms. The number of anilines is 2. The van der Waals surface area contributed by atoms with E-state index >= 15 is 0 Å². The Balaban J connectivity index is 1.72. The number of para-hydroxylation sites is 1. The maximum atomic E-state index is 12.6. The van der Waals surface area contributed by atoms with Crippen LogP contribution in [0.3, 0.4) is 0 Å². The van der Waals surface area contributed by atoms with Gasteiger partial charge in [-0.1, -0.05) is 19.1 Å². The topological polar surface area (TPSA) is 78.5 Å². The summed E-state index contributed by atoms with van der Waals surface area (Å²) in [5.41, 5.74) is 2.16. The fourth-order valence-electron chi connectivity index (χ4n) is 3.03. The Morgan fingerprint density at radius 1 is 1.04 bits per heavy atom. The molecule has 1 heterocycles. The highest BCUT2D eigenvalue weighted by molar-refractivity contribution is 6.09. The molecule has 1 saturated heterocycles. The van der Waals surface area contributed by atoms with Crippen LogP contribution in [-0.4, -0.2) is 30.8 Å². The van der Waals surface area contributed by atoms with Crippen molar-refractivity contribution in [3.8, 4) is 0 Å². The van der Waals surface area contributed by atoms with Crippen LogP contribution < -0.4 is 15.5 Å². The van der Waals surface area contributed by atoms with Crippen LogP contribution in [0.5, 0.6) is 0 Å². The van der Waals surface area contributed by atoms with Crippen molar-refractivity contribution >= 4 is 29.1 Å². The molecule has 27 heavy (non-hydrogen) atoms.